The third-order valence-electron chi connectivity index (χ3n) is 9.07. The van der Waals surface area contributed by atoms with Crippen LogP contribution >= 0.6 is 0 Å². The van der Waals surface area contributed by atoms with Gasteiger partial charge in [-0.25, -0.2) is 0 Å². The molecule has 48 heavy (non-hydrogen) atoms. The lowest BCUT2D eigenvalue weighted by molar-refractivity contribution is -0.121. The Bertz CT molecular complexity index is 656. The molecule has 2 N–H and O–H groups in total. The molecule has 0 aliphatic heterocycles. The van der Waals surface area contributed by atoms with E-state index in [4.69, 9.17) is 13.3 Å². The van der Waals surface area contributed by atoms with E-state index in [1.165, 1.54) is 116 Å². The Morgan fingerprint density at radius 2 is 0.792 bits per heavy atom. The molecule has 0 saturated heterocycles. The minimum atomic E-state index is -2.72. The monoisotopic (exact) mass is 700 g/mol. The quantitative estimate of drug-likeness (QED) is 0.0493. The molecule has 0 aliphatic rings. The van der Waals surface area contributed by atoms with Crippen LogP contribution in [0.15, 0.2) is 0 Å². The van der Waals surface area contributed by atoms with Crippen molar-refractivity contribution in [3.63, 3.8) is 0 Å². The predicted octanol–water partition coefficient (Wildman–Crippen LogP) is 9.58. The summed E-state index contributed by atoms with van der Waals surface area (Å²) >= 11 is 0. The van der Waals surface area contributed by atoms with Gasteiger partial charge in [-0.2, -0.15) is 0 Å². The first kappa shape index (κ1) is 47.0. The number of hydrogen-bond acceptors (Lipinski definition) is 6. The molecule has 0 rings (SSSR count). The average Bonchev–Trinajstić information content (AvgIpc) is 3.07. The van der Waals surface area contributed by atoms with Gasteiger partial charge in [0.2, 0.25) is 11.8 Å². The van der Waals surface area contributed by atoms with E-state index >= 15 is 0 Å². The number of carbonyl (C=O) groups excluding carboxylic acids is 2. The van der Waals surface area contributed by atoms with Crippen molar-refractivity contribution in [2.24, 2.45) is 0 Å². The average molecular weight is 700 g/mol. The van der Waals surface area contributed by atoms with E-state index < -0.39 is 8.80 Å². The molecule has 0 aromatic heterocycles. The van der Waals surface area contributed by atoms with Gasteiger partial charge >= 0.3 is 8.80 Å². The number of carbonyl (C=O) groups is 2. The predicted molar refractivity (Wildman–Crippen MR) is 205 cm³/mol. The highest BCUT2D eigenvalue weighted by Gasteiger charge is 2.39. The number of amides is 2. The summed E-state index contributed by atoms with van der Waals surface area (Å²) in [5, 5.41) is 6.25. The SMILES string of the molecule is CCCCCCCCCCCCNC(=O)CCN(CCC[Si](OCC)(OCC)OCC)CCC(=O)NCCCCCCCCCCCC. The van der Waals surface area contributed by atoms with Crippen LogP contribution in [-0.2, 0) is 22.9 Å². The van der Waals surface area contributed by atoms with Gasteiger partial charge in [-0.05, 0) is 46.6 Å². The standard InChI is InChI=1S/C39H81N3O5Si/c1-6-11-13-15-17-19-21-23-25-27-32-40-38(43)30-35-42(34-29-37-48(45-8-3,46-9-4)47-10-5)36-31-39(44)41-33-28-26-24-22-20-18-16-14-12-7-2/h6-37H2,1-5H3,(H,40,43)(H,41,44). The molecule has 0 fully saturated rings. The molecular weight excluding hydrogens is 619 g/mol. The molecular formula is C39H81N3O5Si. The Kier molecular flexibility index (Phi) is 35.1. The maximum Gasteiger partial charge on any atom is 0.500 e. The number of hydrogen-bond donors (Lipinski definition) is 2. The normalized spacial score (nSPS) is 11.8. The summed E-state index contributed by atoms with van der Waals surface area (Å²) in [6, 6.07) is 0.731. The van der Waals surface area contributed by atoms with Gasteiger partial charge in [0.15, 0.2) is 0 Å². The number of nitrogens with one attached hydrogen (secondary N) is 2. The number of rotatable bonds is 38. The molecule has 0 saturated carbocycles. The fourth-order valence-electron chi connectivity index (χ4n) is 6.23. The molecule has 0 spiro atoms. The summed E-state index contributed by atoms with van der Waals surface area (Å²) in [5.74, 6) is 0.200. The fourth-order valence-corrected chi connectivity index (χ4v) is 8.83. The van der Waals surface area contributed by atoms with Crippen molar-refractivity contribution in [3.05, 3.63) is 0 Å². The van der Waals surface area contributed by atoms with Crippen LogP contribution in [0, 0.1) is 0 Å². The van der Waals surface area contributed by atoms with Gasteiger partial charge in [-0.1, -0.05) is 129 Å². The third-order valence-corrected chi connectivity index (χ3v) is 12.2. The van der Waals surface area contributed by atoms with Crippen LogP contribution in [0.4, 0.5) is 0 Å². The van der Waals surface area contributed by atoms with Gasteiger partial charge in [-0.15, -0.1) is 0 Å². The van der Waals surface area contributed by atoms with Gasteiger partial charge in [0.25, 0.3) is 0 Å². The largest absolute Gasteiger partial charge is 0.500 e. The van der Waals surface area contributed by atoms with Crippen molar-refractivity contribution in [2.75, 3.05) is 52.5 Å². The zero-order valence-corrected chi connectivity index (χ0v) is 33.6. The summed E-state index contributed by atoms with van der Waals surface area (Å²) < 4.78 is 18.1. The maximum absolute atomic E-state index is 12.7. The number of nitrogens with zero attached hydrogens (tertiary/aromatic N) is 1. The Balaban J connectivity index is 4.52. The number of unbranched alkanes of at least 4 members (excludes halogenated alkanes) is 18. The van der Waals surface area contributed by atoms with Crippen molar-refractivity contribution in [1.82, 2.24) is 15.5 Å². The topological polar surface area (TPSA) is 89.1 Å². The van der Waals surface area contributed by atoms with E-state index in [0.29, 0.717) is 45.8 Å². The Labute approximate surface area is 299 Å². The van der Waals surface area contributed by atoms with Crippen LogP contribution in [0.25, 0.3) is 0 Å². The van der Waals surface area contributed by atoms with E-state index in [1.54, 1.807) is 0 Å². The first-order chi connectivity index (χ1) is 23.5. The van der Waals surface area contributed by atoms with Crippen molar-refractivity contribution in [1.29, 1.82) is 0 Å². The van der Waals surface area contributed by atoms with E-state index in [0.717, 1.165) is 44.9 Å². The van der Waals surface area contributed by atoms with Gasteiger partial charge < -0.3 is 28.8 Å². The van der Waals surface area contributed by atoms with E-state index in [-0.39, 0.29) is 11.8 Å². The highest BCUT2D eigenvalue weighted by Crippen LogP contribution is 2.19. The minimum absolute atomic E-state index is 0.100. The third kappa shape index (κ3) is 29.9. The minimum Gasteiger partial charge on any atom is -0.374 e. The van der Waals surface area contributed by atoms with Crippen LogP contribution in [-0.4, -0.2) is 78.1 Å². The smallest absolute Gasteiger partial charge is 0.374 e. The van der Waals surface area contributed by atoms with Crippen molar-refractivity contribution in [3.8, 4) is 0 Å². The summed E-state index contributed by atoms with van der Waals surface area (Å²) in [6.45, 7) is 15.7. The lowest BCUT2D eigenvalue weighted by Crippen LogP contribution is -2.46. The molecule has 0 atom stereocenters. The van der Waals surface area contributed by atoms with E-state index in [9.17, 15) is 9.59 Å². The van der Waals surface area contributed by atoms with Crippen LogP contribution < -0.4 is 10.6 Å². The molecule has 0 bridgehead atoms. The van der Waals surface area contributed by atoms with Gasteiger partial charge in [0.1, 0.15) is 0 Å². The summed E-state index contributed by atoms with van der Waals surface area (Å²) in [6.07, 6.45) is 27.6. The highest BCUT2D eigenvalue weighted by molar-refractivity contribution is 6.60. The fraction of sp³-hybridized carbons (Fsp3) is 0.949. The van der Waals surface area contributed by atoms with Crippen molar-refractivity contribution < 1.29 is 22.9 Å². The summed E-state index contributed by atoms with van der Waals surface area (Å²) in [5.41, 5.74) is 0. The second-order valence-corrected chi connectivity index (χ2v) is 16.2. The molecule has 0 radical (unpaired) electrons. The van der Waals surface area contributed by atoms with Gasteiger partial charge in [0.05, 0.1) is 0 Å². The molecule has 286 valence electrons. The molecule has 9 heteroatoms. The van der Waals surface area contributed by atoms with E-state index in [2.05, 4.69) is 29.4 Å². The Hall–Kier alpha value is -1.00. The second-order valence-electron chi connectivity index (χ2n) is 13.5. The maximum atomic E-state index is 12.7. The van der Waals surface area contributed by atoms with Gasteiger partial charge in [-0.3, -0.25) is 9.59 Å². The Morgan fingerprint density at radius 1 is 0.458 bits per heavy atom. The first-order valence-electron chi connectivity index (χ1n) is 20.6. The molecule has 0 unspecified atom stereocenters. The lowest BCUT2D eigenvalue weighted by Gasteiger charge is -2.29. The van der Waals surface area contributed by atoms with Crippen LogP contribution in [0.5, 0.6) is 0 Å². The lowest BCUT2D eigenvalue weighted by atomic mass is 10.1. The summed E-state index contributed by atoms with van der Waals surface area (Å²) in [4.78, 5) is 27.6. The van der Waals surface area contributed by atoms with Gasteiger partial charge in [0, 0.05) is 64.9 Å². The highest BCUT2D eigenvalue weighted by atomic mass is 28.4. The summed E-state index contributed by atoms with van der Waals surface area (Å²) in [7, 11) is -2.72. The molecule has 0 heterocycles. The zero-order chi connectivity index (χ0) is 35.4. The van der Waals surface area contributed by atoms with Crippen LogP contribution in [0.3, 0.4) is 0 Å². The molecule has 8 nitrogen and oxygen atoms in total. The van der Waals surface area contributed by atoms with Crippen LogP contribution in [0.2, 0.25) is 6.04 Å². The first-order valence-corrected chi connectivity index (χ1v) is 22.6. The zero-order valence-electron chi connectivity index (χ0n) is 32.6. The van der Waals surface area contributed by atoms with Crippen LogP contribution in [0.1, 0.15) is 182 Å². The Morgan fingerprint density at radius 3 is 1.12 bits per heavy atom. The second kappa shape index (κ2) is 35.8. The van der Waals surface area contributed by atoms with Crippen molar-refractivity contribution >= 4 is 20.6 Å². The van der Waals surface area contributed by atoms with Crippen molar-refractivity contribution in [2.45, 2.75) is 188 Å². The molecule has 0 aliphatic carbocycles. The van der Waals surface area contributed by atoms with E-state index in [1.807, 2.05) is 20.8 Å². The molecule has 0 aromatic carbocycles. The molecule has 2 amide bonds. The molecule has 0 aromatic rings.